The van der Waals surface area contributed by atoms with Gasteiger partial charge in [-0.15, -0.1) is 0 Å². The van der Waals surface area contributed by atoms with Gasteiger partial charge in [0.25, 0.3) is 0 Å². The third-order valence-corrected chi connectivity index (χ3v) is 4.14. The highest BCUT2D eigenvalue weighted by Gasteiger charge is 2.17. The summed E-state index contributed by atoms with van der Waals surface area (Å²) in [5.41, 5.74) is 2.24. The van der Waals surface area contributed by atoms with Gasteiger partial charge in [-0.2, -0.15) is 0 Å². The van der Waals surface area contributed by atoms with Crippen molar-refractivity contribution in [3.05, 3.63) is 70.5 Å². The van der Waals surface area contributed by atoms with Gasteiger partial charge in [0.05, 0.1) is 30.2 Å². The van der Waals surface area contributed by atoms with E-state index in [0.29, 0.717) is 23.7 Å². The van der Waals surface area contributed by atoms with Crippen LogP contribution >= 0.6 is 0 Å². The number of methoxy groups -OCH3 is 1. The zero-order valence-corrected chi connectivity index (χ0v) is 15.7. The summed E-state index contributed by atoms with van der Waals surface area (Å²) in [6.07, 6.45) is 1.33. The van der Waals surface area contributed by atoms with E-state index in [-0.39, 0.29) is 17.9 Å². The molecule has 0 aliphatic rings. The molecule has 0 amide bonds. The fourth-order valence-electron chi connectivity index (χ4n) is 2.51. The summed E-state index contributed by atoms with van der Waals surface area (Å²) in [6.45, 7) is 3.81. The number of aromatic nitrogens is 1. The van der Waals surface area contributed by atoms with Crippen molar-refractivity contribution in [3.8, 4) is 5.75 Å². The van der Waals surface area contributed by atoms with E-state index >= 15 is 0 Å². The molecule has 1 aromatic carbocycles. The van der Waals surface area contributed by atoms with Gasteiger partial charge < -0.3 is 23.2 Å². The molecule has 28 heavy (non-hydrogen) atoms. The molecular formula is C20H19NO7. The highest BCUT2D eigenvalue weighted by atomic mass is 16.5. The van der Waals surface area contributed by atoms with Crippen molar-refractivity contribution in [2.45, 2.75) is 27.1 Å². The van der Waals surface area contributed by atoms with Crippen molar-refractivity contribution in [2.75, 3.05) is 7.11 Å². The van der Waals surface area contributed by atoms with Crippen molar-refractivity contribution in [1.29, 1.82) is 0 Å². The maximum absolute atomic E-state index is 12.2. The Kier molecular flexibility index (Phi) is 5.78. The number of hydrogen-bond acceptors (Lipinski definition) is 8. The lowest BCUT2D eigenvalue weighted by molar-refractivity contribution is 0.0432. The molecule has 3 aromatic rings. The van der Waals surface area contributed by atoms with E-state index in [2.05, 4.69) is 9.89 Å². The number of carbonyl (C=O) groups is 2. The molecule has 3 rings (SSSR count). The Morgan fingerprint density at radius 2 is 1.79 bits per heavy atom. The summed E-state index contributed by atoms with van der Waals surface area (Å²) in [5, 5.41) is 3.88. The molecule has 146 valence electrons. The monoisotopic (exact) mass is 385 g/mol. The molecule has 8 nitrogen and oxygen atoms in total. The van der Waals surface area contributed by atoms with Crippen LogP contribution in [0.3, 0.4) is 0 Å². The molecule has 0 saturated carbocycles. The van der Waals surface area contributed by atoms with Crippen molar-refractivity contribution in [3.63, 3.8) is 0 Å². The van der Waals surface area contributed by atoms with E-state index in [4.69, 9.17) is 18.4 Å². The van der Waals surface area contributed by atoms with Crippen molar-refractivity contribution in [1.82, 2.24) is 5.16 Å². The number of ether oxygens (including phenoxy) is 3. The Morgan fingerprint density at radius 3 is 2.43 bits per heavy atom. The zero-order chi connectivity index (χ0) is 20.1. The number of hydrogen-bond donors (Lipinski definition) is 0. The van der Waals surface area contributed by atoms with E-state index in [9.17, 15) is 9.59 Å². The summed E-state index contributed by atoms with van der Waals surface area (Å²) in [6, 6.07) is 7.98. The zero-order valence-electron chi connectivity index (χ0n) is 15.7. The first kappa shape index (κ1) is 19.2. The van der Waals surface area contributed by atoms with Gasteiger partial charge in [0.2, 0.25) is 0 Å². The number of nitrogens with zero attached hydrogens (tertiary/aromatic N) is 1. The smallest absolute Gasteiger partial charge is 0.341 e. The molecule has 0 aliphatic heterocycles. The Bertz CT molecular complexity index is 949. The van der Waals surface area contributed by atoms with E-state index in [1.165, 1.54) is 19.4 Å². The van der Waals surface area contributed by atoms with Crippen molar-refractivity contribution < 1.29 is 32.7 Å². The van der Waals surface area contributed by atoms with Gasteiger partial charge in [0.15, 0.2) is 12.4 Å². The second kappa shape index (κ2) is 8.43. The van der Waals surface area contributed by atoms with Crippen LogP contribution in [-0.2, 0) is 22.7 Å². The minimum absolute atomic E-state index is 0.180. The van der Waals surface area contributed by atoms with Crippen LogP contribution in [0.5, 0.6) is 5.75 Å². The first-order valence-electron chi connectivity index (χ1n) is 8.46. The largest absolute Gasteiger partial charge is 0.489 e. The number of benzene rings is 1. The molecule has 0 atom stereocenters. The van der Waals surface area contributed by atoms with Crippen LogP contribution in [0.15, 0.2) is 45.5 Å². The van der Waals surface area contributed by atoms with Crippen LogP contribution in [0.4, 0.5) is 0 Å². The molecule has 0 fully saturated rings. The first-order chi connectivity index (χ1) is 13.5. The standard InChI is InChI=1S/C20H19NO7/c1-12-17(13(2)28-21-12)10-26-15-6-4-14(5-7-15)19(22)27-11-18-16(8-9-25-18)20(23)24-3/h4-9H,10-11H2,1-3H3. The Balaban J connectivity index is 1.57. The van der Waals surface area contributed by atoms with Crippen LogP contribution in [0, 0.1) is 13.8 Å². The predicted molar refractivity (Wildman–Crippen MR) is 95.9 cm³/mol. The molecule has 0 spiro atoms. The molecule has 0 radical (unpaired) electrons. The lowest BCUT2D eigenvalue weighted by Gasteiger charge is -2.07. The second-order valence-corrected chi connectivity index (χ2v) is 5.94. The lowest BCUT2D eigenvalue weighted by Crippen LogP contribution is -2.08. The normalized spacial score (nSPS) is 10.5. The summed E-state index contributed by atoms with van der Waals surface area (Å²) in [4.78, 5) is 23.8. The Hall–Kier alpha value is -3.55. The predicted octanol–water partition coefficient (Wildman–Crippen LogP) is 3.61. The maximum atomic E-state index is 12.2. The van der Waals surface area contributed by atoms with Crippen molar-refractivity contribution >= 4 is 11.9 Å². The molecule has 2 heterocycles. The summed E-state index contributed by atoms with van der Waals surface area (Å²) in [7, 11) is 1.26. The third-order valence-electron chi connectivity index (χ3n) is 4.14. The van der Waals surface area contributed by atoms with E-state index in [1.54, 1.807) is 24.3 Å². The van der Waals surface area contributed by atoms with Gasteiger partial charge >= 0.3 is 11.9 Å². The third kappa shape index (κ3) is 4.22. The highest BCUT2D eigenvalue weighted by molar-refractivity contribution is 5.91. The minimum atomic E-state index is -0.556. The topological polar surface area (TPSA) is 101 Å². The van der Waals surface area contributed by atoms with Gasteiger partial charge in [-0.25, -0.2) is 9.59 Å². The maximum Gasteiger partial charge on any atom is 0.341 e. The van der Waals surface area contributed by atoms with Gasteiger partial charge in [0.1, 0.15) is 23.7 Å². The van der Waals surface area contributed by atoms with Crippen molar-refractivity contribution in [2.24, 2.45) is 0 Å². The molecular weight excluding hydrogens is 366 g/mol. The number of carbonyl (C=O) groups excluding carboxylic acids is 2. The fourth-order valence-corrected chi connectivity index (χ4v) is 2.51. The van der Waals surface area contributed by atoms with Gasteiger partial charge in [-0.05, 0) is 44.2 Å². The van der Waals surface area contributed by atoms with E-state index < -0.39 is 11.9 Å². The summed E-state index contributed by atoms with van der Waals surface area (Å²) < 4.78 is 25.8. The average molecular weight is 385 g/mol. The van der Waals surface area contributed by atoms with Gasteiger partial charge in [-0.1, -0.05) is 5.16 Å². The molecule has 0 N–H and O–H groups in total. The molecule has 0 unspecified atom stereocenters. The summed E-state index contributed by atoms with van der Waals surface area (Å²) in [5.74, 6) is 0.418. The number of rotatable bonds is 7. The van der Waals surface area contributed by atoms with Crippen LogP contribution < -0.4 is 4.74 Å². The molecule has 0 aliphatic carbocycles. The number of esters is 2. The molecule has 2 aromatic heterocycles. The van der Waals surface area contributed by atoms with Crippen LogP contribution in [0.2, 0.25) is 0 Å². The fraction of sp³-hybridized carbons (Fsp3) is 0.250. The molecule has 0 saturated heterocycles. The summed E-state index contributed by atoms with van der Waals surface area (Å²) >= 11 is 0. The average Bonchev–Trinajstić information content (AvgIpc) is 3.31. The minimum Gasteiger partial charge on any atom is -0.489 e. The van der Waals surface area contributed by atoms with Crippen LogP contribution in [0.25, 0.3) is 0 Å². The van der Waals surface area contributed by atoms with Crippen LogP contribution in [-0.4, -0.2) is 24.2 Å². The Labute approximate surface area is 161 Å². The molecule has 8 heteroatoms. The van der Waals surface area contributed by atoms with E-state index in [1.807, 2.05) is 13.8 Å². The quantitative estimate of drug-likeness (QED) is 0.569. The molecule has 0 bridgehead atoms. The SMILES string of the molecule is COC(=O)c1ccoc1COC(=O)c1ccc(OCc2c(C)noc2C)cc1. The van der Waals surface area contributed by atoms with Gasteiger partial charge in [-0.3, -0.25) is 0 Å². The number of furan rings is 1. The highest BCUT2D eigenvalue weighted by Crippen LogP contribution is 2.19. The lowest BCUT2D eigenvalue weighted by atomic mass is 10.2. The Morgan fingerprint density at radius 1 is 1.04 bits per heavy atom. The van der Waals surface area contributed by atoms with Crippen LogP contribution in [0.1, 0.15) is 43.5 Å². The van der Waals surface area contributed by atoms with Gasteiger partial charge in [0, 0.05) is 0 Å². The number of aryl methyl sites for hydroxylation is 2. The second-order valence-electron chi connectivity index (χ2n) is 5.94. The van der Waals surface area contributed by atoms with E-state index in [0.717, 1.165) is 11.3 Å². The first-order valence-corrected chi connectivity index (χ1v) is 8.46.